The van der Waals surface area contributed by atoms with E-state index in [-0.39, 0.29) is 12.1 Å². The highest BCUT2D eigenvalue weighted by Crippen LogP contribution is 2.20. The maximum absolute atomic E-state index is 11.9. The molecule has 17 heavy (non-hydrogen) atoms. The second-order valence-electron chi connectivity index (χ2n) is 5.75. The van der Waals surface area contributed by atoms with E-state index in [9.17, 15) is 4.79 Å². The molecule has 0 radical (unpaired) electrons. The molecular weight excluding hydrogens is 214 g/mol. The highest BCUT2D eigenvalue weighted by molar-refractivity contribution is 5.80. The van der Waals surface area contributed by atoms with Gasteiger partial charge in [-0.05, 0) is 32.4 Å². The van der Waals surface area contributed by atoms with Crippen molar-refractivity contribution in [1.29, 1.82) is 0 Å². The fourth-order valence-electron chi connectivity index (χ4n) is 2.97. The Morgan fingerprint density at radius 1 is 1.41 bits per heavy atom. The van der Waals surface area contributed by atoms with Crippen LogP contribution in [0.25, 0.3) is 0 Å². The van der Waals surface area contributed by atoms with Crippen LogP contribution in [-0.2, 0) is 4.79 Å². The number of likely N-dealkylation sites (tertiary alicyclic amines) is 1. The monoisotopic (exact) mass is 239 g/mol. The van der Waals surface area contributed by atoms with Crippen LogP contribution >= 0.6 is 0 Å². The van der Waals surface area contributed by atoms with Crippen molar-refractivity contribution in [3.63, 3.8) is 0 Å². The van der Waals surface area contributed by atoms with Gasteiger partial charge in [0.1, 0.15) is 0 Å². The molecule has 0 aliphatic carbocycles. The number of likely N-dealkylation sites (N-methyl/N-ethyl adjacent to an activating group) is 1. The van der Waals surface area contributed by atoms with Gasteiger partial charge in [-0.2, -0.15) is 0 Å². The van der Waals surface area contributed by atoms with E-state index in [1.807, 2.05) is 0 Å². The van der Waals surface area contributed by atoms with Crippen molar-refractivity contribution in [2.24, 2.45) is 5.92 Å². The lowest BCUT2D eigenvalue weighted by atomic mass is 10.0. The topological polar surface area (TPSA) is 35.6 Å². The molecule has 2 saturated heterocycles. The second-order valence-corrected chi connectivity index (χ2v) is 5.75. The number of carbonyl (C=O) groups excluding carboxylic acids is 1. The van der Waals surface area contributed by atoms with Gasteiger partial charge in [-0.15, -0.1) is 0 Å². The summed E-state index contributed by atoms with van der Waals surface area (Å²) in [6.45, 7) is 6.93. The average Bonchev–Trinajstić information content (AvgIpc) is 2.64. The van der Waals surface area contributed by atoms with Crippen molar-refractivity contribution < 1.29 is 4.79 Å². The number of piperidine rings is 1. The maximum Gasteiger partial charge on any atom is 0.237 e. The van der Waals surface area contributed by atoms with Crippen molar-refractivity contribution in [2.75, 3.05) is 26.7 Å². The summed E-state index contributed by atoms with van der Waals surface area (Å²) >= 11 is 0. The minimum atomic E-state index is 0.234. The lowest BCUT2D eigenvalue weighted by molar-refractivity contribution is -0.129. The van der Waals surface area contributed by atoms with Crippen LogP contribution in [0.1, 0.15) is 33.1 Å². The van der Waals surface area contributed by atoms with Gasteiger partial charge in [-0.1, -0.05) is 20.3 Å². The number of amides is 1. The van der Waals surface area contributed by atoms with Gasteiger partial charge in [0.25, 0.3) is 0 Å². The van der Waals surface area contributed by atoms with Gasteiger partial charge in [0.05, 0.1) is 12.7 Å². The van der Waals surface area contributed by atoms with Crippen LogP contribution in [-0.4, -0.2) is 54.6 Å². The van der Waals surface area contributed by atoms with E-state index >= 15 is 0 Å². The smallest absolute Gasteiger partial charge is 0.237 e. The normalized spacial score (nSPS) is 31.5. The lowest BCUT2D eigenvalue weighted by Gasteiger charge is -2.37. The molecule has 0 bridgehead atoms. The number of nitrogens with zero attached hydrogens (tertiary/aromatic N) is 2. The minimum absolute atomic E-state index is 0.234. The first-order valence-corrected chi connectivity index (χ1v) is 6.82. The van der Waals surface area contributed by atoms with E-state index in [0.29, 0.717) is 18.5 Å². The molecule has 2 aliphatic rings. The highest BCUT2D eigenvalue weighted by Gasteiger charge is 2.34. The van der Waals surface area contributed by atoms with Crippen LogP contribution in [0.2, 0.25) is 0 Å². The van der Waals surface area contributed by atoms with Gasteiger partial charge in [0.2, 0.25) is 5.91 Å². The van der Waals surface area contributed by atoms with Crippen LogP contribution in [0, 0.1) is 5.92 Å². The second kappa shape index (κ2) is 5.36. The molecular formula is C13H25N3O. The Hall–Kier alpha value is -0.610. The number of hydrogen-bond acceptors (Lipinski definition) is 3. The van der Waals surface area contributed by atoms with Gasteiger partial charge >= 0.3 is 0 Å². The quantitative estimate of drug-likeness (QED) is 0.794. The van der Waals surface area contributed by atoms with Crippen LogP contribution in [0.15, 0.2) is 0 Å². The molecule has 0 saturated carbocycles. The van der Waals surface area contributed by atoms with Crippen LogP contribution in [0.3, 0.4) is 0 Å². The molecule has 2 atom stereocenters. The predicted molar refractivity (Wildman–Crippen MR) is 68.6 cm³/mol. The standard InChI is InChI=1S/C13H25N3O/c1-10(2)13-14-8-12(17)16(13)9-11-6-4-5-7-15(11)3/h10-11,13-14H,4-9H2,1-3H3. The van der Waals surface area contributed by atoms with Crippen LogP contribution in [0.5, 0.6) is 0 Å². The van der Waals surface area contributed by atoms with E-state index < -0.39 is 0 Å². The predicted octanol–water partition coefficient (Wildman–Crippen LogP) is 0.885. The summed E-state index contributed by atoms with van der Waals surface area (Å²) in [5.41, 5.74) is 0. The Kier molecular flexibility index (Phi) is 4.05. The Bertz CT molecular complexity index is 280. The zero-order valence-electron chi connectivity index (χ0n) is 11.3. The molecule has 2 aliphatic heterocycles. The molecule has 98 valence electrons. The number of carbonyl (C=O) groups is 1. The molecule has 4 heteroatoms. The first-order valence-electron chi connectivity index (χ1n) is 6.82. The van der Waals surface area contributed by atoms with Gasteiger partial charge in [0, 0.05) is 12.6 Å². The molecule has 1 N–H and O–H groups in total. The molecule has 2 rings (SSSR count). The third kappa shape index (κ3) is 2.80. The van der Waals surface area contributed by atoms with E-state index in [2.05, 4.69) is 36.0 Å². The van der Waals surface area contributed by atoms with E-state index in [1.165, 1.54) is 25.8 Å². The molecule has 2 fully saturated rings. The highest BCUT2D eigenvalue weighted by atomic mass is 16.2. The first kappa shape index (κ1) is 12.8. The van der Waals surface area contributed by atoms with Crippen molar-refractivity contribution in [1.82, 2.24) is 15.1 Å². The van der Waals surface area contributed by atoms with Crippen LogP contribution in [0.4, 0.5) is 0 Å². The zero-order valence-corrected chi connectivity index (χ0v) is 11.3. The number of rotatable bonds is 3. The summed E-state index contributed by atoms with van der Waals surface area (Å²) in [6.07, 6.45) is 4.06. The molecule has 0 aromatic heterocycles. The van der Waals surface area contributed by atoms with Crippen molar-refractivity contribution in [2.45, 2.75) is 45.3 Å². The van der Waals surface area contributed by atoms with Crippen LogP contribution < -0.4 is 5.32 Å². The summed E-state index contributed by atoms with van der Waals surface area (Å²) in [4.78, 5) is 16.4. The Labute approximate surface area is 104 Å². The summed E-state index contributed by atoms with van der Waals surface area (Å²) in [7, 11) is 2.18. The Balaban J connectivity index is 1.97. The van der Waals surface area contributed by atoms with Crippen molar-refractivity contribution >= 4 is 5.91 Å². The minimum Gasteiger partial charge on any atom is -0.324 e. The SMILES string of the molecule is CC(C)C1NCC(=O)N1CC1CCCCN1C. The Morgan fingerprint density at radius 3 is 2.82 bits per heavy atom. The number of hydrogen-bond donors (Lipinski definition) is 1. The molecule has 2 unspecified atom stereocenters. The molecule has 4 nitrogen and oxygen atoms in total. The van der Waals surface area contributed by atoms with Gasteiger partial charge in [0.15, 0.2) is 0 Å². The first-order chi connectivity index (χ1) is 8.09. The summed E-state index contributed by atoms with van der Waals surface area (Å²) in [6, 6.07) is 0.550. The van der Waals surface area contributed by atoms with E-state index in [0.717, 1.165) is 6.54 Å². The van der Waals surface area contributed by atoms with Crippen molar-refractivity contribution in [3.8, 4) is 0 Å². The third-order valence-electron chi connectivity index (χ3n) is 4.08. The largest absolute Gasteiger partial charge is 0.324 e. The number of nitrogens with one attached hydrogen (secondary N) is 1. The molecule has 1 amide bonds. The molecule has 0 aromatic rings. The summed E-state index contributed by atoms with van der Waals surface area (Å²) in [5, 5.41) is 3.32. The van der Waals surface area contributed by atoms with Gasteiger partial charge in [-0.25, -0.2) is 0 Å². The van der Waals surface area contributed by atoms with Crippen molar-refractivity contribution in [3.05, 3.63) is 0 Å². The lowest BCUT2D eigenvalue weighted by Crippen LogP contribution is -2.50. The zero-order chi connectivity index (χ0) is 12.4. The molecule has 0 spiro atoms. The fraction of sp³-hybridized carbons (Fsp3) is 0.923. The van der Waals surface area contributed by atoms with E-state index in [4.69, 9.17) is 0 Å². The summed E-state index contributed by atoms with van der Waals surface area (Å²) < 4.78 is 0. The van der Waals surface area contributed by atoms with Gasteiger partial charge in [-0.3, -0.25) is 10.1 Å². The third-order valence-corrected chi connectivity index (χ3v) is 4.08. The van der Waals surface area contributed by atoms with E-state index in [1.54, 1.807) is 0 Å². The molecule has 0 aromatic carbocycles. The fourth-order valence-corrected chi connectivity index (χ4v) is 2.97. The summed E-state index contributed by atoms with van der Waals surface area (Å²) in [5.74, 6) is 0.748. The maximum atomic E-state index is 11.9. The molecule has 2 heterocycles. The Morgan fingerprint density at radius 2 is 2.18 bits per heavy atom. The average molecular weight is 239 g/mol. The van der Waals surface area contributed by atoms with Gasteiger partial charge < -0.3 is 9.80 Å².